The van der Waals surface area contributed by atoms with Gasteiger partial charge in [-0.2, -0.15) is 0 Å². The second-order valence-electron chi connectivity index (χ2n) is 3.28. The Morgan fingerprint density at radius 2 is 2.18 bits per heavy atom. The highest BCUT2D eigenvalue weighted by Crippen LogP contribution is 1.97. The van der Waals surface area contributed by atoms with Crippen molar-refractivity contribution in [1.82, 2.24) is 5.32 Å². The van der Waals surface area contributed by atoms with E-state index in [-0.39, 0.29) is 0 Å². The van der Waals surface area contributed by atoms with E-state index < -0.39 is 24.5 Å². The van der Waals surface area contributed by atoms with Crippen LogP contribution in [0.1, 0.15) is 12.8 Å². The fourth-order valence-electron chi connectivity index (χ4n) is 0.990. The highest BCUT2D eigenvalue weighted by Gasteiger charge is 2.13. The maximum atomic E-state index is 11.3. The summed E-state index contributed by atoms with van der Waals surface area (Å²) in [5.41, 5.74) is 11.0. The minimum absolute atomic E-state index is 0.413. The van der Waals surface area contributed by atoms with Crippen LogP contribution in [0.15, 0.2) is 4.99 Å². The Hall–Kier alpha value is -1.28. The third-order valence-corrected chi connectivity index (χ3v) is 2.45. The summed E-state index contributed by atoms with van der Waals surface area (Å²) in [5.74, 6) is -1.56. The van der Waals surface area contributed by atoms with Gasteiger partial charge < -0.3 is 21.9 Å². The molecular weight excluding hydrogens is 244 g/mol. The van der Waals surface area contributed by atoms with Crippen molar-refractivity contribution < 1.29 is 14.7 Å². The number of nitrogens with zero attached hydrogens (tertiary/aromatic N) is 1. The van der Waals surface area contributed by atoms with Crippen LogP contribution in [0, 0.1) is 0 Å². The number of thioether (sulfide) groups is 1. The predicted molar refractivity (Wildman–Crippen MR) is 67.9 cm³/mol. The highest BCUT2D eigenvalue weighted by atomic mass is 32.2. The zero-order valence-corrected chi connectivity index (χ0v) is 10.5. The Morgan fingerprint density at radius 3 is 2.71 bits per heavy atom. The van der Waals surface area contributed by atoms with E-state index in [4.69, 9.17) is 16.6 Å². The molecular formula is C9H18N4O3S. The van der Waals surface area contributed by atoms with Crippen LogP contribution in [0.4, 0.5) is 0 Å². The van der Waals surface area contributed by atoms with Gasteiger partial charge in [-0.15, -0.1) is 0 Å². The number of hydrogen-bond donors (Lipinski definition) is 4. The van der Waals surface area contributed by atoms with Crippen molar-refractivity contribution in [3.05, 3.63) is 0 Å². The molecule has 0 bridgehead atoms. The number of carboxylic acid groups (broad SMARTS) is 1. The third kappa shape index (κ3) is 8.52. The molecule has 0 aliphatic rings. The number of rotatable bonds is 7. The molecule has 0 unspecified atom stereocenters. The second-order valence-corrected chi connectivity index (χ2v) is 4.11. The Bertz CT molecular complexity index is 296. The lowest BCUT2D eigenvalue weighted by molar-refractivity contribution is -0.138. The van der Waals surface area contributed by atoms with Gasteiger partial charge in [0.25, 0.3) is 0 Å². The number of hydrogen-bond acceptors (Lipinski definition) is 5. The molecule has 0 spiro atoms. The van der Waals surface area contributed by atoms with Crippen LogP contribution in [0.2, 0.25) is 0 Å². The van der Waals surface area contributed by atoms with E-state index in [1.54, 1.807) is 0 Å². The minimum atomic E-state index is -1.09. The Balaban J connectivity index is 3.74. The van der Waals surface area contributed by atoms with Crippen molar-refractivity contribution in [2.45, 2.75) is 18.9 Å². The van der Waals surface area contributed by atoms with Gasteiger partial charge in [0.15, 0.2) is 5.17 Å². The lowest BCUT2D eigenvalue weighted by atomic mass is 10.1. The predicted octanol–water partition coefficient (Wildman–Crippen LogP) is -1.03. The molecule has 7 nitrogen and oxygen atoms in total. The lowest BCUT2D eigenvalue weighted by Crippen LogP contribution is -2.42. The smallest absolute Gasteiger partial charge is 0.322 e. The molecule has 0 heterocycles. The van der Waals surface area contributed by atoms with E-state index in [1.807, 2.05) is 6.26 Å². The van der Waals surface area contributed by atoms with Crippen LogP contribution >= 0.6 is 11.8 Å². The molecule has 0 aliphatic carbocycles. The van der Waals surface area contributed by atoms with Crippen LogP contribution in [-0.4, -0.2) is 47.5 Å². The average Bonchev–Trinajstić information content (AvgIpc) is 2.30. The van der Waals surface area contributed by atoms with Crippen LogP contribution in [0.3, 0.4) is 0 Å². The molecule has 1 atom stereocenters. The number of aliphatic carboxylic acids is 1. The van der Waals surface area contributed by atoms with Crippen molar-refractivity contribution >= 4 is 28.8 Å². The first-order valence-corrected chi connectivity index (χ1v) is 6.28. The van der Waals surface area contributed by atoms with Gasteiger partial charge in [0.05, 0.1) is 6.04 Å². The Labute approximate surface area is 104 Å². The van der Waals surface area contributed by atoms with Crippen molar-refractivity contribution in [2.75, 3.05) is 19.3 Å². The summed E-state index contributed by atoms with van der Waals surface area (Å²) in [6.45, 7) is 0.0939. The molecule has 0 aromatic heterocycles. The Morgan fingerprint density at radius 1 is 1.53 bits per heavy atom. The largest absolute Gasteiger partial charge is 0.480 e. The molecule has 0 aromatic rings. The normalized spacial score (nSPS) is 13.2. The number of carboxylic acids is 1. The summed E-state index contributed by atoms with van der Waals surface area (Å²) in [6.07, 6.45) is 2.89. The first-order valence-electron chi connectivity index (χ1n) is 5.06. The molecule has 0 aromatic carbocycles. The standard InChI is InChI=1S/C9H18N4O3S/c1-17-9(11)12-4-2-3-6(10)8(16)13-5-7(14)15/h6H,2-5,10H2,1H3,(H2,11,12)(H,13,16)(H,14,15)/t6-/m0/s1. The summed E-state index contributed by atoms with van der Waals surface area (Å²) < 4.78 is 0. The molecule has 0 fully saturated rings. The third-order valence-electron chi connectivity index (χ3n) is 1.90. The summed E-state index contributed by atoms with van der Waals surface area (Å²) >= 11 is 1.35. The van der Waals surface area contributed by atoms with Gasteiger partial charge in [-0.3, -0.25) is 14.6 Å². The summed E-state index contributed by atoms with van der Waals surface area (Å²) in [5, 5.41) is 11.1. The molecule has 6 N–H and O–H groups in total. The maximum Gasteiger partial charge on any atom is 0.322 e. The van der Waals surface area contributed by atoms with Gasteiger partial charge in [-0.25, -0.2) is 0 Å². The van der Waals surface area contributed by atoms with E-state index in [9.17, 15) is 9.59 Å². The molecule has 98 valence electrons. The number of nitrogens with two attached hydrogens (primary N) is 2. The molecule has 1 amide bonds. The topological polar surface area (TPSA) is 131 Å². The van der Waals surface area contributed by atoms with Crippen molar-refractivity contribution in [3.63, 3.8) is 0 Å². The zero-order chi connectivity index (χ0) is 13.3. The maximum absolute atomic E-state index is 11.3. The van der Waals surface area contributed by atoms with Gasteiger partial charge in [0.2, 0.25) is 5.91 Å². The van der Waals surface area contributed by atoms with E-state index in [2.05, 4.69) is 10.3 Å². The number of nitrogens with one attached hydrogen (secondary N) is 1. The van der Waals surface area contributed by atoms with Gasteiger partial charge in [-0.1, -0.05) is 11.8 Å². The number of aliphatic imine (C=N–C) groups is 1. The fourth-order valence-corrected chi connectivity index (χ4v) is 1.21. The van der Waals surface area contributed by atoms with E-state index in [0.29, 0.717) is 24.6 Å². The number of carbonyl (C=O) groups excluding carboxylic acids is 1. The second kappa shape index (κ2) is 8.82. The number of amidine groups is 1. The summed E-state index contributed by atoms with van der Waals surface area (Å²) in [6, 6.07) is -0.708. The van der Waals surface area contributed by atoms with Crippen molar-refractivity contribution in [3.8, 4) is 0 Å². The van der Waals surface area contributed by atoms with E-state index >= 15 is 0 Å². The van der Waals surface area contributed by atoms with E-state index in [0.717, 1.165) is 0 Å². The SMILES string of the molecule is CSC(N)=NCCC[C@H](N)C(=O)NCC(=O)O. The minimum Gasteiger partial charge on any atom is -0.480 e. The molecule has 0 aliphatic heterocycles. The monoisotopic (exact) mass is 262 g/mol. The molecule has 0 saturated carbocycles. The average molecular weight is 262 g/mol. The fraction of sp³-hybridized carbons (Fsp3) is 0.667. The van der Waals surface area contributed by atoms with Gasteiger partial charge in [0, 0.05) is 6.54 Å². The van der Waals surface area contributed by atoms with Crippen LogP contribution in [0.25, 0.3) is 0 Å². The Kier molecular flexibility index (Phi) is 8.16. The molecule has 0 saturated heterocycles. The quantitative estimate of drug-likeness (QED) is 0.264. The van der Waals surface area contributed by atoms with Gasteiger partial charge >= 0.3 is 5.97 Å². The number of amides is 1. The van der Waals surface area contributed by atoms with Crippen LogP contribution < -0.4 is 16.8 Å². The molecule has 17 heavy (non-hydrogen) atoms. The van der Waals surface area contributed by atoms with Crippen LogP contribution in [-0.2, 0) is 9.59 Å². The lowest BCUT2D eigenvalue weighted by Gasteiger charge is -2.10. The highest BCUT2D eigenvalue weighted by molar-refractivity contribution is 8.13. The van der Waals surface area contributed by atoms with E-state index in [1.165, 1.54) is 11.8 Å². The van der Waals surface area contributed by atoms with Gasteiger partial charge in [-0.05, 0) is 19.1 Å². The molecule has 0 rings (SSSR count). The molecule has 0 radical (unpaired) electrons. The first-order chi connectivity index (χ1) is 7.97. The summed E-state index contributed by atoms with van der Waals surface area (Å²) in [7, 11) is 0. The van der Waals surface area contributed by atoms with Crippen molar-refractivity contribution in [1.29, 1.82) is 0 Å². The number of carbonyl (C=O) groups is 2. The summed E-state index contributed by atoms with van der Waals surface area (Å²) in [4.78, 5) is 25.5. The van der Waals surface area contributed by atoms with Crippen LogP contribution in [0.5, 0.6) is 0 Å². The zero-order valence-electron chi connectivity index (χ0n) is 9.68. The molecule has 8 heteroatoms. The van der Waals surface area contributed by atoms with Crippen molar-refractivity contribution in [2.24, 2.45) is 16.5 Å². The first kappa shape index (κ1) is 15.7. The van der Waals surface area contributed by atoms with Gasteiger partial charge in [0.1, 0.15) is 6.54 Å².